The summed E-state index contributed by atoms with van der Waals surface area (Å²) >= 11 is 0. The van der Waals surface area contributed by atoms with Gasteiger partial charge >= 0.3 is 0 Å². The first-order chi connectivity index (χ1) is 8.66. The molecule has 0 amide bonds. The molecule has 3 heteroatoms. The van der Waals surface area contributed by atoms with Crippen molar-refractivity contribution < 1.29 is 0 Å². The minimum absolute atomic E-state index is 0.376. The van der Waals surface area contributed by atoms with Crippen molar-refractivity contribution in [3.8, 4) is 0 Å². The van der Waals surface area contributed by atoms with E-state index in [2.05, 4.69) is 42.2 Å². The molecule has 1 N–H and O–H groups in total. The molecule has 1 aliphatic rings. The van der Waals surface area contributed by atoms with Crippen molar-refractivity contribution in [2.24, 2.45) is 5.92 Å². The van der Waals surface area contributed by atoms with Gasteiger partial charge in [-0.15, -0.1) is 0 Å². The Bertz CT molecular complexity index is 352. The molecule has 0 aromatic carbocycles. The molecule has 3 unspecified atom stereocenters. The molecule has 1 aromatic heterocycles. The van der Waals surface area contributed by atoms with E-state index in [9.17, 15) is 0 Å². The predicted octanol–water partition coefficient (Wildman–Crippen LogP) is 2.46. The molecule has 1 saturated heterocycles. The van der Waals surface area contributed by atoms with Crippen LogP contribution >= 0.6 is 0 Å². The Morgan fingerprint density at radius 1 is 1.44 bits per heavy atom. The largest absolute Gasteiger partial charge is 0.307 e. The fraction of sp³-hybridized carbons (Fsp3) is 0.667. The van der Waals surface area contributed by atoms with Gasteiger partial charge in [-0.2, -0.15) is 0 Å². The molecule has 3 nitrogen and oxygen atoms in total. The average Bonchev–Trinajstić information content (AvgIpc) is 2.39. The van der Waals surface area contributed by atoms with Crippen molar-refractivity contribution in [2.45, 2.75) is 38.8 Å². The Kier molecular flexibility index (Phi) is 4.72. The van der Waals surface area contributed by atoms with Gasteiger partial charge < -0.3 is 10.2 Å². The van der Waals surface area contributed by atoms with E-state index >= 15 is 0 Å². The maximum absolute atomic E-state index is 4.19. The minimum Gasteiger partial charge on any atom is -0.307 e. The van der Waals surface area contributed by atoms with Crippen LogP contribution < -0.4 is 5.32 Å². The first kappa shape index (κ1) is 13.5. The third-order valence-corrected chi connectivity index (χ3v) is 4.07. The Hall–Kier alpha value is -0.930. The van der Waals surface area contributed by atoms with E-state index in [0.29, 0.717) is 12.1 Å². The van der Waals surface area contributed by atoms with E-state index < -0.39 is 0 Å². The molecule has 18 heavy (non-hydrogen) atoms. The van der Waals surface area contributed by atoms with Crippen LogP contribution in [0.15, 0.2) is 24.5 Å². The molecule has 2 rings (SSSR count). The van der Waals surface area contributed by atoms with Crippen molar-refractivity contribution in [1.29, 1.82) is 0 Å². The van der Waals surface area contributed by atoms with Gasteiger partial charge in [0.15, 0.2) is 0 Å². The lowest BCUT2D eigenvalue weighted by Gasteiger charge is -2.35. The Morgan fingerprint density at radius 3 is 2.94 bits per heavy atom. The summed E-state index contributed by atoms with van der Waals surface area (Å²) in [6.07, 6.45) is 6.46. The summed E-state index contributed by atoms with van der Waals surface area (Å²) in [5, 5.41) is 3.72. The lowest BCUT2D eigenvalue weighted by Crippen LogP contribution is -2.43. The van der Waals surface area contributed by atoms with E-state index in [1.54, 1.807) is 0 Å². The van der Waals surface area contributed by atoms with E-state index in [0.717, 1.165) is 5.92 Å². The number of nitrogens with zero attached hydrogens (tertiary/aromatic N) is 2. The van der Waals surface area contributed by atoms with Gasteiger partial charge in [-0.25, -0.2) is 0 Å². The molecule has 2 heterocycles. The van der Waals surface area contributed by atoms with Crippen molar-refractivity contribution in [3.05, 3.63) is 30.1 Å². The van der Waals surface area contributed by atoms with Crippen molar-refractivity contribution in [1.82, 2.24) is 15.2 Å². The second-order valence-corrected chi connectivity index (χ2v) is 5.63. The van der Waals surface area contributed by atoms with Gasteiger partial charge in [0.1, 0.15) is 0 Å². The molecule has 1 aromatic rings. The lowest BCUT2D eigenvalue weighted by atomic mass is 9.91. The SMILES string of the molecule is CC(NC(C)C1CCCN(C)C1)c1cccnc1. The standard InChI is InChI=1S/C15H25N3/c1-12(14-6-4-8-16-10-14)17-13(2)15-7-5-9-18(3)11-15/h4,6,8,10,12-13,15,17H,5,7,9,11H2,1-3H3. The highest BCUT2D eigenvalue weighted by atomic mass is 15.1. The van der Waals surface area contributed by atoms with Gasteiger partial charge in [0.25, 0.3) is 0 Å². The van der Waals surface area contributed by atoms with Crippen molar-refractivity contribution >= 4 is 0 Å². The molecule has 1 fully saturated rings. The van der Waals surface area contributed by atoms with Crippen molar-refractivity contribution in [3.63, 3.8) is 0 Å². The van der Waals surface area contributed by atoms with Crippen LogP contribution in [0.4, 0.5) is 0 Å². The molecule has 1 aliphatic heterocycles. The number of rotatable bonds is 4. The number of hydrogen-bond donors (Lipinski definition) is 1. The maximum Gasteiger partial charge on any atom is 0.0315 e. The highest BCUT2D eigenvalue weighted by Crippen LogP contribution is 2.21. The van der Waals surface area contributed by atoms with Crippen LogP contribution in [0.2, 0.25) is 0 Å². The summed E-state index contributed by atoms with van der Waals surface area (Å²) in [6, 6.07) is 5.08. The highest BCUT2D eigenvalue weighted by Gasteiger charge is 2.23. The highest BCUT2D eigenvalue weighted by molar-refractivity contribution is 5.13. The smallest absolute Gasteiger partial charge is 0.0315 e. The molecule has 0 radical (unpaired) electrons. The number of aromatic nitrogens is 1. The topological polar surface area (TPSA) is 28.2 Å². The summed E-state index contributed by atoms with van der Waals surface area (Å²) in [5.74, 6) is 0.767. The van der Waals surface area contributed by atoms with Gasteiger partial charge in [-0.1, -0.05) is 6.07 Å². The first-order valence-corrected chi connectivity index (χ1v) is 7.01. The minimum atomic E-state index is 0.376. The molecule has 100 valence electrons. The lowest BCUT2D eigenvalue weighted by molar-refractivity contribution is 0.174. The van der Waals surface area contributed by atoms with E-state index in [1.165, 1.54) is 31.5 Å². The number of pyridine rings is 1. The zero-order valence-electron chi connectivity index (χ0n) is 11.8. The summed E-state index contributed by atoms with van der Waals surface area (Å²) < 4.78 is 0. The summed E-state index contributed by atoms with van der Waals surface area (Å²) in [4.78, 5) is 6.63. The molecule has 0 bridgehead atoms. The second kappa shape index (κ2) is 6.30. The second-order valence-electron chi connectivity index (χ2n) is 5.63. The molecule has 3 atom stereocenters. The van der Waals surface area contributed by atoms with E-state index in [4.69, 9.17) is 0 Å². The zero-order valence-corrected chi connectivity index (χ0v) is 11.8. The Morgan fingerprint density at radius 2 is 2.28 bits per heavy atom. The Balaban J connectivity index is 1.88. The van der Waals surface area contributed by atoms with Gasteiger partial charge in [0.2, 0.25) is 0 Å². The van der Waals surface area contributed by atoms with Gasteiger partial charge in [-0.3, -0.25) is 4.98 Å². The molecular weight excluding hydrogens is 222 g/mol. The molecule has 0 saturated carbocycles. The monoisotopic (exact) mass is 247 g/mol. The van der Waals surface area contributed by atoms with Crippen LogP contribution in [-0.4, -0.2) is 36.1 Å². The van der Waals surface area contributed by atoms with Crippen LogP contribution in [0.5, 0.6) is 0 Å². The van der Waals surface area contributed by atoms with Crippen molar-refractivity contribution in [2.75, 3.05) is 20.1 Å². The first-order valence-electron chi connectivity index (χ1n) is 7.01. The average molecular weight is 247 g/mol. The van der Waals surface area contributed by atoms with Crippen LogP contribution in [-0.2, 0) is 0 Å². The van der Waals surface area contributed by atoms with Gasteiger partial charge in [0.05, 0.1) is 0 Å². The van der Waals surface area contributed by atoms with Gasteiger partial charge in [0, 0.05) is 31.0 Å². The fourth-order valence-electron chi connectivity index (χ4n) is 2.87. The third-order valence-electron chi connectivity index (χ3n) is 4.07. The molecule has 0 spiro atoms. The van der Waals surface area contributed by atoms with E-state index in [1.807, 2.05) is 18.5 Å². The summed E-state index contributed by atoms with van der Waals surface area (Å²) in [5.41, 5.74) is 1.27. The zero-order chi connectivity index (χ0) is 13.0. The third kappa shape index (κ3) is 3.53. The molecule has 0 aliphatic carbocycles. The van der Waals surface area contributed by atoms with Gasteiger partial charge in [-0.05, 0) is 57.8 Å². The molecular formula is C15H25N3. The van der Waals surface area contributed by atoms with Crippen LogP contribution in [0.1, 0.15) is 38.3 Å². The van der Waals surface area contributed by atoms with E-state index in [-0.39, 0.29) is 0 Å². The Labute approximate surface area is 111 Å². The summed E-state index contributed by atoms with van der Waals surface area (Å²) in [6.45, 7) is 7.01. The number of piperidine rings is 1. The van der Waals surface area contributed by atoms with Crippen LogP contribution in [0, 0.1) is 5.92 Å². The summed E-state index contributed by atoms with van der Waals surface area (Å²) in [7, 11) is 2.23. The maximum atomic E-state index is 4.19. The number of likely N-dealkylation sites (tertiary alicyclic amines) is 1. The fourth-order valence-corrected chi connectivity index (χ4v) is 2.87. The predicted molar refractivity (Wildman–Crippen MR) is 75.5 cm³/mol. The van der Waals surface area contributed by atoms with Crippen LogP contribution in [0.25, 0.3) is 0 Å². The normalized spacial score (nSPS) is 24.7. The number of nitrogens with one attached hydrogen (secondary N) is 1. The number of hydrogen-bond acceptors (Lipinski definition) is 3. The van der Waals surface area contributed by atoms with Crippen LogP contribution in [0.3, 0.4) is 0 Å². The quantitative estimate of drug-likeness (QED) is 0.886.